The zero-order chi connectivity index (χ0) is 14.0. The second-order valence-electron chi connectivity index (χ2n) is 4.88. The van der Waals surface area contributed by atoms with E-state index in [2.05, 4.69) is 0 Å². The molecule has 1 amide bonds. The molecule has 1 aromatic rings. The fourth-order valence-corrected chi connectivity index (χ4v) is 1.89. The standard InChI is InChI=1S/C14H18FNO3/c1-9(17)12-6-3-10(15)7-13(12)19-8-14(18)16(2)11-4-5-11/h3,6-7,9,11,17H,4-5,8H2,1-2H3. The van der Waals surface area contributed by atoms with E-state index >= 15 is 0 Å². The molecule has 0 radical (unpaired) electrons. The van der Waals surface area contributed by atoms with Gasteiger partial charge in [-0.25, -0.2) is 4.39 Å². The first-order valence-corrected chi connectivity index (χ1v) is 6.35. The molecule has 104 valence electrons. The summed E-state index contributed by atoms with van der Waals surface area (Å²) in [7, 11) is 1.74. The molecule has 5 heteroatoms. The van der Waals surface area contributed by atoms with Gasteiger partial charge in [-0.15, -0.1) is 0 Å². The summed E-state index contributed by atoms with van der Waals surface area (Å²) in [5.41, 5.74) is 0.475. The summed E-state index contributed by atoms with van der Waals surface area (Å²) < 4.78 is 18.5. The number of hydrogen-bond acceptors (Lipinski definition) is 3. The van der Waals surface area contributed by atoms with E-state index in [1.54, 1.807) is 18.9 Å². The highest BCUT2D eigenvalue weighted by Gasteiger charge is 2.29. The van der Waals surface area contributed by atoms with Gasteiger partial charge in [0.15, 0.2) is 6.61 Å². The molecule has 0 spiro atoms. The molecule has 1 aliphatic carbocycles. The van der Waals surface area contributed by atoms with E-state index in [1.807, 2.05) is 0 Å². The predicted molar refractivity (Wildman–Crippen MR) is 68.3 cm³/mol. The Hall–Kier alpha value is -1.62. The quantitative estimate of drug-likeness (QED) is 0.886. The molecule has 1 aromatic carbocycles. The van der Waals surface area contributed by atoms with Crippen LogP contribution in [0.15, 0.2) is 18.2 Å². The number of nitrogens with zero attached hydrogens (tertiary/aromatic N) is 1. The van der Waals surface area contributed by atoms with Crippen molar-refractivity contribution in [3.8, 4) is 5.75 Å². The molecular formula is C14H18FNO3. The summed E-state index contributed by atoms with van der Waals surface area (Å²) >= 11 is 0. The molecule has 1 unspecified atom stereocenters. The molecule has 19 heavy (non-hydrogen) atoms. The van der Waals surface area contributed by atoms with Crippen molar-refractivity contribution in [1.29, 1.82) is 0 Å². The minimum Gasteiger partial charge on any atom is -0.483 e. The number of rotatable bonds is 5. The number of ether oxygens (including phenoxy) is 1. The van der Waals surface area contributed by atoms with Gasteiger partial charge in [-0.2, -0.15) is 0 Å². The van der Waals surface area contributed by atoms with Gasteiger partial charge in [0.1, 0.15) is 11.6 Å². The number of carbonyl (C=O) groups excluding carboxylic acids is 1. The number of hydrogen-bond donors (Lipinski definition) is 1. The minimum atomic E-state index is -0.771. The van der Waals surface area contributed by atoms with Crippen molar-refractivity contribution < 1.29 is 19.0 Å². The molecule has 1 atom stereocenters. The lowest BCUT2D eigenvalue weighted by atomic mass is 10.1. The van der Waals surface area contributed by atoms with Crippen molar-refractivity contribution in [2.24, 2.45) is 0 Å². The predicted octanol–water partition coefficient (Wildman–Crippen LogP) is 1.88. The first-order chi connectivity index (χ1) is 8.99. The van der Waals surface area contributed by atoms with E-state index in [-0.39, 0.29) is 18.3 Å². The number of aliphatic hydroxyl groups excluding tert-OH is 1. The number of halogens is 1. The maximum atomic E-state index is 13.2. The molecule has 1 aliphatic rings. The second kappa shape index (κ2) is 5.57. The van der Waals surface area contributed by atoms with Gasteiger partial charge in [0, 0.05) is 24.7 Å². The molecule has 0 aromatic heterocycles. The molecule has 0 aliphatic heterocycles. The Bertz CT molecular complexity index is 472. The van der Waals surface area contributed by atoms with Gasteiger partial charge in [0.05, 0.1) is 6.10 Å². The largest absolute Gasteiger partial charge is 0.483 e. The van der Waals surface area contributed by atoms with Crippen LogP contribution in [0.25, 0.3) is 0 Å². The molecule has 1 saturated carbocycles. The number of likely N-dealkylation sites (N-methyl/N-ethyl adjacent to an activating group) is 1. The van der Waals surface area contributed by atoms with Crippen molar-refractivity contribution in [2.45, 2.75) is 31.9 Å². The number of benzene rings is 1. The zero-order valence-electron chi connectivity index (χ0n) is 11.1. The SMILES string of the molecule is CC(O)c1ccc(F)cc1OCC(=O)N(C)C1CC1. The van der Waals surface area contributed by atoms with Gasteiger partial charge < -0.3 is 14.7 Å². The zero-order valence-corrected chi connectivity index (χ0v) is 11.1. The van der Waals surface area contributed by atoms with Crippen LogP contribution in [-0.2, 0) is 4.79 Å². The van der Waals surface area contributed by atoms with Crippen LogP contribution < -0.4 is 4.74 Å². The summed E-state index contributed by atoms with van der Waals surface area (Å²) in [4.78, 5) is 13.5. The topological polar surface area (TPSA) is 49.8 Å². The van der Waals surface area contributed by atoms with Gasteiger partial charge in [-0.1, -0.05) is 0 Å². The van der Waals surface area contributed by atoms with E-state index in [0.717, 1.165) is 12.8 Å². The molecule has 0 heterocycles. The van der Waals surface area contributed by atoms with Gasteiger partial charge in [-0.05, 0) is 31.9 Å². The molecule has 2 rings (SSSR count). The normalized spacial score (nSPS) is 16.0. The minimum absolute atomic E-state index is 0.136. The van der Waals surface area contributed by atoms with Crippen LogP contribution >= 0.6 is 0 Å². The maximum Gasteiger partial charge on any atom is 0.260 e. The highest BCUT2D eigenvalue weighted by atomic mass is 19.1. The monoisotopic (exact) mass is 267 g/mol. The molecule has 1 N–H and O–H groups in total. The molecular weight excluding hydrogens is 249 g/mol. The van der Waals surface area contributed by atoms with E-state index < -0.39 is 11.9 Å². The van der Waals surface area contributed by atoms with E-state index in [1.165, 1.54) is 18.2 Å². The van der Waals surface area contributed by atoms with Crippen LogP contribution in [0.2, 0.25) is 0 Å². The summed E-state index contributed by atoms with van der Waals surface area (Å²) in [6.07, 6.45) is 1.29. The summed E-state index contributed by atoms with van der Waals surface area (Å²) in [6.45, 7) is 1.43. The van der Waals surface area contributed by atoms with Gasteiger partial charge in [-0.3, -0.25) is 4.79 Å². The Morgan fingerprint density at radius 1 is 1.58 bits per heavy atom. The fraction of sp³-hybridized carbons (Fsp3) is 0.500. The van der Waals surface area contributed by atoms with Gasteiger partial charge in [0.2, 0.25) is 0 Å². The number of amides is 1. The van der Waals surface area contributed by atoms with Crippen LogP contribution in [0.4, 0.5) is 4.39 Å². The first kappa shape index (κ1) is 13.8. The Morgan fingerprint density at radius 2 is 2.26 bits per heavy atom. The highest BCUT2D eigenvalue weighted by molar-refractivity contribution is 5.78. The van der Waals surface area contributed by atoms with Crippen molar-refractivity contribution in [3.05, 3.63) is 29.6 Å². The molecule has 0 saturated heterocycles. The lowest BCUT2D eigenvalue weighted by Gasteiger charge is -2.18. The smallest absolute Gasteiger partial charge is 0.260 e. The van der Waals surface area contributed by atoms with E-state index in [9.17, 15) is 14.3 Å². The first-order valence-electron chi connectivity index (χ1n) is 6.35. The van der Waals surface area contributed by atoms with Crippen molar-refractivity contribution in [2.75, 3.05) is 13.7 Å². The highest BCUT2D eigenvalue weighted by Crippen LogP contribution is 2.27. The number of carbonyl (C=O) groups is 1. The van der Waals surface area contributed by atoms with Crippen LogP contribution in [0, 0.1) is 5.82 Å². The average Bonchev–Trinajstić information content (AvgIpc) is 3.18. The van der Waals surface area contributed by atoms with Crippen LogP contribution in [0.1, 0.15) is 31.4 Å². The van der Waals surface area contributed by atoms with Crippen molar-refractivity contribution in [3.63, 3.8) is 0 Å². The third kappa shape index (κ3) is 3.44. The van der Waals surface area contributed by atoms with Crippen LogP contribution in [0.3, 0.4) is 0 Å². The van der Waals surface area contributed by atoms with Crippen molar-refractivity contribution in [1.82, 2.24) is 4.90 Å². The third-order valence-corrected chi connectivity index (χ3v) is 3.26. The third-order valence-electron chi connectivity index (χ3n) is 3.26. The second-order valence-corrected chi connectivity index (χ2v) is 4.88. The van der Waals surface area contributed by atoms with Crippen LogP contribution in [0.5, 0.6) is 5.75 Å². The van der Waals surface area contributed by atoms with Gasteiger partial charge in [0.25, 0.3) is 5.91 Å². The van der Waals surface area contributed by atoms with Crippen LogP contribution in [-0.4, -0.2) is 35.6 Å². The summed E-state index contributed by atoms with van der Waals surface area (Å²) in [5, 5.41) is 9.57. The van der Waals surface area contributed by atoms with E-state index in [0.29, 0.717) is 11.6 Å². The summed E-state index contributed by atoms with van der Waals surface area (Å²) in [5.74, 6) is -0.377. The maximum absolute atomic E-state index is 13.2. The number of aliphatic hydroxyl groups is 1. The summed E-state index contributed by atoms with van der Waals surface area (Å²) in [6, 6.07) is 4.23. The van der Waals surface area contributed by atoms with Crippen molar-refractivity contribution >= 4 is 5.91 Å². The lowest BCUT2D eigenvalue weighted by Crippen LogP contribution is -2.33. The van der Waals surface area contributed by atoms with E-state index in [4.69, 9.17) is 4.74 Å². The lowest BCUT2D eigenvalue weighted by molar-refractivity contribution is -0.132. The molecule has 1 fully saturated rings. The Kier molecular flexibility index (Phi) is 4.04. The molecule has 4 nitrogen and oxygen atoms in total. The Labute approximate surface area is 111 Å². The molecule has 0 bridgehead atoms. The fourth-order valence-electron chi connectivity index (χ4n) is 1.89. The average molecular weight is 267 g/mol. The Morgan fingerprint density at radius 3 is 2.84 bits per heavy atom. The van der Waals surface area contributed by atoms with Gasteiger partial charge >= 0.3 is 0 Å². The Balaban J connectivity index is 2.01.